The SMILES string of the molecule is Nc1nc2c(ncn2[C@@H]2O[C@@H]3COP(=O)(O)OC4[C@@H](COP(=O)(O)O[C@@H]3C2O)O[C@@H](n2cnc3c(=O)[nH]c(N)nc32)[C@H]4OP(O)O)c(=O)[nH]1. The summed E-state index contributed by atoms with van der Waals surface area (Å²) in [6, 6.07) is 0. The summed E-state index contributed by atoms with van der Waals surface area (Å²) in [6.45, 7) is -1.87. The van der Waals surface area contributed by atoms with Gasteiger partial charge in [0.05, 0.1) is 25.9 Å². The highest BCUT2D eigenvalue weighted by molar-refractivity contribution is 7.47. The van der Waals surface area contributed by atoms with Crippen LogP contribution in [0.25, 0.3) is 22.3 Å². The van der Waals surface area contributed by atoms with Crippen LogP contribution in [0.4, 0.5) is 11.9 Å². The molecule has 0 spiro atoms. The van der Waals surface area contributed by atoms with Gasteiger partial charge in [0, 0.05) is 0 Å². The van der Waals surface area contributed by atoms with Gasteiger partial charge in [-0.15, -0.1) is 0 Å². The first-order valence-electron chi connectivity index (χ1n) is 13.7. The molecule has 7 rings (SSSR count). The first kappa shape index (κ1) is 34.2. The molecule has 0 aliphatic carbocycles. The van der Waals surface area contributed by atoms with Gasteiger partial charge in [-0.05, 0) is 0 Å². The number of hydrogen-bond acceptors (Lipinski definition) is 20. The number of rotatable bonds is 4. The maximum atomic E-state index is 13.3. The summed E-state index contributed by atoms with van der Waals surface area (Å²) < 4.78 is 66.4. The van der Waals surface area contributed by atoms with E-state index in [1.807, 2.05) is 0 Å². The Bertz CT molecular complexity index is 2120. The van der Waals surface area contributed by atoms with Crippen LogP contribution in [0.3, 0.4) is 0 Å². The number of nitrogens with zero attached hydrogens (tertiary/aromatic N) is 6. The summed E-state index contributed by atoms with van der Waals surface area (Å²) in [5, 5.41) is 11.2. The second-order valence-electron chi connectivity index (χ2n) is 10.7. The van der Waals surface area contributed by atoms with Crippen molar-refractivity contribution >= 4 is 58.5 Å². The minimum Gasteiger partial charge on any atom is -0.386 e. The van der Waals surface area contributed by atoms with E-state index in [2.05, 4.69) is 29.9 Å². The zero-order valence-electron chi connectivity index (χ0n) is 24.1. The highest BCUT2D eigenvalue weighted by atomic mass is 31.2. The van der Waals surface area contributed by atoms with Crippen molar-refractivity contribution in [2.24, 2.45) is 0 Å². The fourth-order valence-electron chi connectivity index (χ4n) is 5.59. The summed E-state index contributed by atoms with van der Waals surface area (Å²) in [4.78, 5) is 85.9. The van der Waals surface area contributed by atoms with Crippen LogP contribution in [0.1, 0.15) is 12.5 Å². The first-order chi connectivity index (χ1) is 23.1. The summed E-state index contributed by atoms with van der Waals surface area (Å²) in [5.74, 6) is -0.626. The fraction of sp³-hybridized carbons (Fsp3) is 0.500. The van der Waals surface area contributed by atoms with E-state index >= 15 is 0 Å². The molecular formula is C20H25N10O16P3. The molecule has 266 valence electrons. The van der Waals surface area contributed by atoms with E-state index in [9.17, 15) is 43.4 Å². The van der Waals surface area contributed by atoms with E-state index in [0.29, 0.717) is 0 Å². The summed E-state index contributed by atoms with van der Waals surface area (Å²) in [6.07, 6.45) is -11.3. The van der Waals surface area contributed by atoms with Crippen LogP contribution in [-0.4, -0.2) is 114 Å². The Morgan fingerprint density at radius 2 is 1.31 bits per heavy atom. The van der Waals surface area contributed by atoms with Crippen LogP contribution in [0.15, 0.2) is 22.2 Å². The summed E-state index contributed by atoms with van der Waals surface area (Å²) in [7, 11) is -13.6. The summed E-state index contributed by atoms with van der Waals surface area (Å²) in [5.41, 5.74) is 9.10. The largest absolute Gasteiger partial charge is 0.472 e. The van der Waals surface area contributed by atoms with Crippen molar-refractivity contribution in [2.45, 2.75) is 49.1 Å². The van der Waals surface area contributed by atoms with Crippen LogP contribution < -0.4 is 22.6 Å². The number of nitrogens with two attached hydrogens (primary N) is 2. The molecule has 49 heavy (non-hydrogen) atoms. The molecule has 0 aromatic carbocycles. The van der Waals surface area contributed by atoms with E-state index in [-0.39, 0.29) is 34.2 Å². The third kappa shape index (κ3) is 6.42. The molecule has 0 radical (unpaired) electrons. The number of aliphatic hydroxyl groups excluding tert-OH is 1. The maximum Gasteiger partial charge on any atom is 0.472 e. The van der Waals surface area contributed by atoms with E-state index in [1.165, 1.54) is 0 Å². The Morgan fingerprint density at radius 1 is 0.837 bits per heavy atom. The van der Waals surface area contributed by atoms with Gasteiger partial charge in [-0.25, -0.2) is 19.1 Å². The van der Waals surface area contributed by atoms with Crippen LogP contribution in [-0.2, 0) is 41.2 Å². The van der Waals surface area contributed by atoms with Gasteiger partial charge in [0.15, 0.2) is 34.8 Å². The number of phosphoric acid groups is 2. The number of anilines is 2. The zero-order valence-corrected chi connectivity index (χ0v) is 26.8. The molecule has 11 N–H and O–H groups in total. The van der Waals surface area contributed by atoms with Gasteiger partial charge in [-0.3, -0.25) is 46.8 Å². The number of aliphatic hydroxyl groups is 1. The number of aromatic amines is 2. The lowest BCUT2D eigenvalue weighted by molar-refractivity contribution is -0.0663. The van der Waals surface area contributed by atoms with Gasteiger partial charge >= 0.3 is 24.2 Å². The number of aromatic nitrogens is 8. The van der Waals surface area contributed by atoms with Gasteiger partial charge in [0.2, 0.25) is 11.9 Å². The number of fused-ring (bicyclic) bond motifs is 4. The van der Waals surface area contributed by atoms with Gasteiger partial charge in [0.1, 0.15) is 36.6 Å². The van der Waals surface area contributed by atoms with Crippen LogP contribution in [0.5, 0.6) is 0 Å². The number of H-pyrrole nitrogens is 2. The van der Waals surface area contributed by atoms with Crippen LogP contribution in [0, 0.1) is 0 Å². The molecule has 3 fully saturated rings. The predicted octanol–water partition coefficient (Wildman–Crippen LogP) is -2.81. The molecule has 26 nitrogen and oxygen atoms in total. The molecule has 4 aromatic rings. The van der Waals surface area contributed by atoms with Crippen molar-refractivity contribution in [3.63, 3.8) is 0 Å². The Balaban J connectivity index is 1.21. The number of phosphoric ester groups is 2. The average Bonchev–Trinajstić information content (AvgIpc) is 3.76. The molecule has 3 aliphatic rings. The van der Waals surface area contributed by atoms with Gasteiger partial charge in [-0.2, -0.15) is 9.97 Å². The first-order valence-corrected chi connectivity index (χ1v) is 17.9. The van der Waals surface area contributed by atoms with E-state index < -0.39 is 97.7 Å². The molecule has 29 heteroatoms. The van der Waals surface area contributed by atoms with Crippen molar-refractivity contribution in [1.82, 2.24) is 39.0 Å². The van der Waals surface area contributed by atoms with Crippen molar-refractivity contribution in [3.8, 4) is 0 Å². The monoisotopic (exact) mass is 754 g/mol. The van der Waals surface area contributed by atoms with Crippen molar-refractivity contribution in [3.05, 3.63) is 33.4 Å². The minimum atomic E-state index is -5.22. The lowest BCUT2D eigenvalue weighted by atomic mass is 10.1. The quantitative estimate of drug-likeness (QED) is 0.0949. The molecule has 3 saturated heterocycles. The number of nitrogen functional groups attached to an aromatic ring is 2. The maximum absolute atomic E-state index is 13.3. The van der Waals surface area contributed by atoms with Crippen molar-refractivity contribution in [1.29, 1.82) is 0 Å². The number of imidazole rings is 2. The highest BCUT2D eigenvalue weighted by Gasteiger charge is 2.55. The van der Waals surface area contributed by atoms with E-state index in [1.54, 1.807) is 0 Å². The molecule has 0 amide bonds. The molecule has 4 aromatic heterocycles. The van der Waals surface area contributed by atoms with Crippen LogP contribution >= 0.6 is 24.2 Å². The fourth-order valence-corrected chi connectivity index (χ4v) is 7.96. The normalized spacial score (nSPS) is 35.7. The average molecular weight is 754 g/mol. The molecular weight excluding hydrogens is 729 g/mol. The molecule has 3 aliphatic heterocycles. The third-order valence-electron chi connectivity index (χ3n) is 7.57. The second kappa shape index (κ2) is 12.5. The predicted molar refractivity (Wildman–Crippen MR) is 156 cm³/mol. The van der Waals surface area contributed by atoms with Crippen LogP contribution in [0.2, 0.25) is 0 Å². The van der Waals surface area contributed by atoms with Gasteiger partial charge in [0.25, 0.3) is 11.1 Å². The molecule has 0 saturated carbocycles. The lowest BCUT2D eigenvalue weighted by Gasteiger charge is -2.28. The van der Waals surface area contributed by atoms with Gasteiger partial charge < -0.3 is 50.1 Å². The topological polar surface area (TPSA) is 379 Å². The number of hydrogen-bond donors (Lipinski definition) is 9. The summed E-state index contributed by atoms with van der Waals surface area (Å²) >= 11 is 0. The Hall–Kier alpha value is -3.29. The van der Waals surface area contributed by atoms with E-state index in [4.69, 9.17) is 43.6 Å². The Labute approximate surface area is 270 Å². The molecule has 4 unspecified atom stereocenters. The second-order valence-corrected chi connectivity index (χ2v) is 14.2. The molecule has 7 heterocycles. The number of nitrogens with one attached hydrogen (secondary N) is 2. The van der Waals surface area contributed by atoms with Gasteiger partial charge in [-0.1, -0.05) is 0 Å². The molecule has 0 bridgehead atoms. The Kier molecular flexibility index (Phi) is 8.71. The smallest absolute Gasteiger partial charge is 0.386 e. The zero-order chi connectivity index (χ0) is 35.0. The standard InChI is InChI=1S/C20H25N10O16P3/c21-19-25-13-7(15(32)27-19)23-3-29(13)17-9(31)10-5(42-17)1-40-49(38,39)46-11-6(2-41-48(36,37)45-10)43-18(12(11)44-47(34)35)30-4-24-8-14(30)26-20(22)28-16(8)33/h3-6,9-12,17-18,31,34-35H,1-2H2,(H,36,37)(H,38,39)(H3,21,25,27,32)(H3,22,26,28,33)/t5-,6-,9?,10+,11?,12+,17-,18-/m1/s1. The van der Waals surface area contributed by atoms with Crippen molar-refractivity contribution < 1.29 is 65.9 Å². The number of ether oxygens (including phenoxy) is 2. The van der Waals surface area contributed by atoms with Crippen molar-refractivity contribution in [2.75, 3.05) is 24.7 Å². The third-order valence-corrected chi connectivity index (χ3v) is 9.98. The minimum absolute atomic E-state index is 0.144. The van der Waals surface area contributed by atoms with E-state index in [0.717, 1.165) is 21.8 Å². The molecule has 10 atom stereocenters. The highest BCUT2D eigenvalue weighted by Crippen LogP contribution is 2.54. The Morgan fingerprint density at radius 3 is 1.84 bits per heavy atom. The lowest BCUT2D eigenvalue weighted by Crippen LogP contribution is -2.39.